The van der Waals surface area contributed by atoms with Crippen LogP contribution in [-0.2, 0) is 9.59 Å². The Balaban J connectivity index is 1.92. The third-order valence-corrected chi connectivity index (χ3v) is 3.51. The van der Waals surface area contributed by atoms with Gasteiger partial charge in [0.2, 0.25) is 5.91 Å². The summed E-state index contributed by atoms with van der Waals surface area (Å²) >= 11 is 0. The van der Waals surface area contributed by atoms with Gasteiger partial charge in [-0.15, -0.1) is 0 Å². The fraction of sp³-hybridized carbons (Fsp3) is 0.429. The van der Waals surface area contributed by atoms with E-state index in [1.165, 1.54) is 0 Å². The SMILES string of the molecule is COc1ccc(NC(=O)[C@@H]2CC[C@H](C(=O)O)C2)cc1. The van der Waals surface area contributed by atoms with Crippen molar-refractivity contribution in [3.63, 3.8) is 0 Å². The molecule has 1 amide bonds. The van der Waals surface area contributed by atoms with Crippen LogP contribution in [0.15, 0.2) is 24.3 Å². The van der Waals surface area contributed by atoms with Gasteiger partial charge >= 0.3 is 5.97 Å². The number of carbonyl (C=O) groups is 2. The van der Waals surface area contributed by atoms with E-state index in [2.05, 4.69) is 5.32 Å². The molecule has 0 aliphatic heterocycles. The van der Waals surface area contributed by atoms with Crippen LogP contribution in [0.1, 0.15) is 19.3 Å². The molecule has 0 saturated heterocycles. The van der Waals surface area contributed by atoms with Crippen LogP contribution < -0.4 is 10.1 Å². The minimum Gasteiger partial charge on any atom is -0.497 e. The quantitative estimate of drug-likeness (QED) is 0.872. The maximum absolute atomic E-state index is 12.0. The Kier molecular flexibility index (Phi) is 4.04. The molecule has 2 atom stereocenters. The van der Waals surface area contributed by atoms with E-state index in [1.807, 2.05) is 0 Å². The fourth-order valence-corrected chi connectivity index (χ4v) is 2.36. The zero-order chi connectivity index (χ0) is 13.8. The Morgan fingerprint density at radius 2 is 1.84 bits per heavy atom. The molecule has 1 aromatic carbocycles. The van der Waals surface area contributed by atoms with Crippen LogP contribution in [0.25, 0.3) is 0 Å². The van der Waals surface area contributed by atoms with Crippen molar-refractivity contribution in [2.45, 2.75) is 19.3 Å². The molecule has 0 bridgehead atoms. The number of hydrogen-bond acceptors (Lipinski definition) is 3. The van der Waals surface area contributed by atoms with E-state index in [0.29, 0.717) is 24.9 Å². The van der Waals surface area contributed by atoms with Crippen LogP contribution in [0.5, 0.6) is 5.75 Å². The van der Waals surface area contributed by atoms with Gasteiger partial charge in [0.15, 0.2) is 0 Å². The number of nitrogens with one attached hydrogen (secondary N) is 1. The van der Waals surface area contributed by atoms with Crippen molar-refractivity contribution >= 4 is 17.6 Å². The maximum atomic E-state index is 12.0. The van der Waals surface area contributed by atoms with Gasteiger partial charge in [-0.05, 0) is 43.5 Å². The molecule has 1 aliphatic rings. The van der Waals surface area contributed by atoms with Gasteiger partial charge in [0.1, 0.15) is 5.75 Å². The molecule has 0 aromatic heterocycles. The first kappa shape index (κ1) is 13.4. The molecule has 1 fully saturated rings. The van der Waals surface area contributed by atoms with E-state index in [4.69, 9.17) is 9.84 Å². The van der Waals surface area contributed by atoms with E-state index in [9.17, 15) is 9.59 Å². The van der Waals surface area contributed by atoms with Gasteiger partial charge in [-0.1, -0.05) is 0 Å². The van der Waals surface area contributed by atoms with Crippen LogP contribution in [0, 0.1) is 11.8 Å². The number of carbonyl (C=O) groups excluding carboxylic acids is 1. The third kappa shape index (κ3) is 3.24. The van der Waals surface area contributed by atoms with Crippen molar-refractivity contribution in [2.24, 2.45) is 11.8 Å². The second-order valence-corrected chi connectivity index (χ2v) is 4.76. The van der Waals surface area contributed by atoms with Crippen molar-refractivity contribution in [1.82, 2.24) is 0 Å². The number of carboxylic acids is 1. The summed E-state index contributed by atoms with van der Waals surface area (Å²) in [4.78, 5) is 22.9. The summed E-state index contributed by atoms with van der Waals surface area (Å²) in [5, 5.41) is 11.7. The van der Waals surface area contributed by atoms with Crippen LogP contribution in [0.2, 0.25) is 0 Å². The molecule has 1 aromatic rings. The van der Waals surface area contributed by atoms with E-state index in [1.54, 1.807) is 31.4 Å². The number of hydrogen-bond donors (Lipinski definition) is 2. The largest absolute Gasteiger partial charge is 0.497 e. The minimum atomic E-state index is -0.806. The lowest BCUT2D eigenvalue weighted by Crippen LogP contribution is -2.21. The lowest BCUT2D eigenvalue weighted by molar-refractivity contribution is -0.141. The average Bonchev–Trinajstić information content (AvgIpc) is 2.89. The van der Waals surface area contributed by atoms with Crippen molar-refractivity contribution in [2.75, 3.05) is 12.4 Å². The Bertz CT molecular complexity index is 469. The fourth-order valence-electron chi connectivity index (χ4n) is 2.36. The number of ether oxygens (including phenoxy) is 1. The van der Waals surface area contributed by atoms with Crippen LogP contribution in [0.3, 0.4) is 0 Å². The summed E-state index contributed by atoms with van der Waals surface area (Å²) in [6.45, 7) is 0. The highest BCUT2D eigenvalue weighted by atomic mass is 16.5. The first-order chi connectivity index (χ1) is 9.10. The van der Waals surface area contributed by atoms with Gasteiger partial charge < -0.3 is 15.2 Å². The summed E-state index contributed by atoms with van der Waals surface area (Å²) in [6.07, 6.45) is 1.65. The topological polar surface area (TPSA) is 75.6 Å². The van der Waals surface area contributed by atoms with Crippen molar-refractivity contribution in [1.29, 1.82) is 0 Å². The molecule has 2 rings (SSSR count). The maximum Gasteiger partial charge on any atom is 0.306 e. The highest BCUT2D eigenvalue weighted by Crippen LogP contribution is 2.32. The molecular formula is C14H17NO4. The number of aliphatic carboxylic acids is 1. The molecule has 102 valence electrons. The molecule has 0 radical (unpaired) electrons. The first-order valence-electron chi connectivity index (χ1n) is 6.28. The molecule has 2 N–H and O–H groups in total. The molecule has 0 heterocycles. The van der Waals surface area contributed by atoms with Crippen LogP contribution in [0.4, 0.5) is 5.69 Å². The van der Waals surface area contributed by atoms with Gasteiger partial charge in [-0.25, -0.2) is 0 Å². The third-order valence-electron chi connectivity index (χ3n) is 3.51. The van der Waals surface area contributed by atoms with Crippen molar-refractivity contribution < 1.29 is 19.4 Å². The van der Waals surface area contributed by atoms with Crippen LogP contribution in [-0.4, -0.2) is 24.1 Å². The van der Waals surface area contributed by atoms with Crippen LogP contribution >= 0.6 is 0 Å². The normalized spacial score (nSPS) is 21.9. The van der Waals surface area contributed by atoms with Gasteiger partial charge in [-0.3, -0.25) is 9.59 Å². The Morgan fingerprint density at radius 1 is 1.21 bits per heavy atom. The summed E-state index contributed by atoms with van der Waals surface area (Å²) in [5.41, 5.74) is 0.699. The smallest absolute Gasteiger partial charge is 0.306 e. The van der Waals surface area contributed by atoms with Gasteiger partial charge in [0.05, 0.1) is 13.0 Å². The Labute approximate surface area is 111 Å². The van der Waals surface area contributed by atoms with Gasteiger partial charge in [0, 0.05) is 11.6 Å². The van der Waals surface area contributed by atoms with Gasteiger partial charge in [-0.2, -0.15) is 0 Å². The van der Waals surface area contributed by atoms with E-state index >= 15 is 0 Å². The number of benzene rings is 1. The van der Waals surface area contributed by atoms with E-state index in [0.717, 1.165) is 5.75 Å². The molecule has 1 aliphatic carbocycles. The monoisotopic (exact) mass is 263 g/mol. The zero-order valence-corrected chi connectivity index (χ0v) is 10.8. The van der Waals surface area contributed by atoms with E-state index < -0.39 is 5.97 Å². The standard InChI is InChI=1S/C14H17NO4/c1-19-12-6-4-11(5-7-12)15-13(16)9-2-3-10(8-9)14(17)18/h4-7,9-10H,2-3,8H2,1H3,(H,15,16)(H,17,18)/t9-,10+/m1/s1. The summed E-state index contributed by atoms with van der Waals surface area (Å²) < 4.78 is 5.04. The second kappa shape index (κ2) is 5.73. The molecule has 0 unspecified atom stereocenters. The summed E-state index contributed by atoms with van der Waals surface area (Å²) in [6, 6.07) is 7.06. The lowest BCUT2D eigenvalue weighted by atomic mass is 10.0. The molecule has 1 saturated carbocycles. The first-order valence-corrected chi connectivity index (χ1v) is 6.28. The average molecular weight is 263 g/mol. The number of methoxy groups -OCH3 is 1. The molecule has 0 spiro atoms. The molecule has 19 heavy (non-hydrogen) atoms. The predicted octanol–water partition coefficient (Wildman–Crippen LogP) is 2.13. The lowest BCUT2D eigenvalue weighted by Gasteiger charge is -2.11. The zero-order valence-electron chi connectivity index (χ0n) is 10.8. The predicted molar refractivity (Wildman–Crippen MR) is 70.1 cm³/mol. The summed E-state index contributed by atoms with van der Waals surface area (Å²) in [5.74, 6) is -0.770. The molecule has 5 nitrogen and oxygen atoms in total. The van der Waals surface area contributed by atoms with Gasteiger partial charge in [0.25, 0.3) is 0 Å². The van der Waals surface area contributed by atoms with Crippen molar-refractivity contribution in [3.05, 3.63) is 24.3 Å². The number of rotatable bonds is 4. The van der Waals surface area contributed by atoms with Crippen molar-refractivity contribution in [3.8, 4) is 5.75 Å². The highest BCUT2D eigenvalue weighted by molar-refractivity contribution is 5.93. The molecular weight excluding hydrogens is 246 g/mol. The minimum absolute atomic E-state index is 0.103. The number of amides is 1. The Morgan fingerprint density at radius 3 is 2.37 bits per heavy atom. The Hall–Kier alpha value is -2.04. The highest BCUT2D eigenvalue weighted by Gasteiger charge is 2.33. The number of carboxylic acid groups (broad SMARTS) is 1. The summed E-state index contributed by atoms with van der Waals surface area (Å²) in [7, 11) is 1.58. The van der Waals surface area contributed by atoms with E-state index in [-0.39, 0.29) is 17.7 Å². The molecule has 5 heteroatoms. The number of anilines is 1. The second-order valence-electron chi connectivity index (χ2n) is 4.76.